The molecule has 77 heavy (non-hydrogen) atoms. The predicted octanol–water partition coefficient (Wildman–Crippen LogP) is 15.2. The molecule has 0 spiro atoms. The third-order valence-electron chi connectivity index (χ3n) is 16.3. The summed E-state index contributed by atoms with van der Waals surface area (Å²) in [5.41, 5.74) is 0. The van der Waals surface area contributed by atoms with Gasteiger partial charge in [0.25, 0.3) is 0 Å². The third kappa shape index (κ3) is 43.0. The predicted molar refractivity (Wildman–Crippen MR) is 321 cm³/mol. The highest BCUT2D eigenvalue weighted by Gasteiger charge is 2.44. The molecule has 1 aliphatic heterocycles. The Morgan fingerprint density at radius 2 is 0.792 bits per heavy atom. The molecule has 456 valence electrons. The molecular formula is C66H127NO10. The van der Waals surface area contributed by atoms with Gasteiger partial charge in [-0.15, -0.1) is 0 Å². The maximum Gasteiger partial charge on any atom is 0.249 e. The smallest absolute Gasteiger partial charge is 0.249 e. The molecule has 0 bridgehead atoms. The average Bonchev–Trinajstić information content (AvgIpc) is 3.43. The molecule has 1 amide bonds. The van der Waals surface area contributed by atoms with Gasteiger partial charge in [0.15, 0.2) is 6.29 Å². The van der Waals surface area contributed by atoms with Gasteiger partial charge in [-0.05, 0) is 44.9 Å². The van der Waals surface area contributed by atoms with Crippen molar-refractivity contribution in [2.45, 2.75) is 377 Å². The van der Waals surface area contributed by atoms with E-state index in [0.717, 1.165) is 51.4 Å². The summed E-state index contributed by atoms with van der Waals surface area (Å²) in [6.07, 6.45) is 56.7. The molecule has 8 N–H and O–H groups in total. The summed E-state index contributed by atoms with van der Waals surface area (Å²) < 4.78 is 11.2. The Balaban J connectivity index is 2.24. The van der Waals surface area contributed by atoms with Crippen LogP contribution in [0.1, 0.15) is 322 Å². The quantitative estimate of drug-likeness (QED) is 0.0215. The molecule has 1 aliphatic rings. The van der Waals surface area contributed by atoms with Gasteiger partial charge in [-0.25, -0.2) is 0 Å². The van der Waals surface area contributed by atoms with Crippen LogP contribution in [-0.2, 0) is 14.3 Å². The Kier molecular flexibility index (Phi) is 52.7. The molecule has 1 rings (SSSR count). The number of aliphatic hydroxyl groups is 7. The van der Waals surface area contributed by atoms with E-state index in [1.807, 2.05) is 0 Å². The lowest BCUT2D eigenvalue weighted by molar-refractivity contribution is -0.303. The molecule has 0 radical (unpaired) electrons. The van der Waals surface area contributed by atoms with Crippen LogP contribution < -0.4 is 5.32 Å². The van der Waals surface area contributed by atoms with Gasteiger partial charge in [0.05, 0.1) is 25.4 Å². The van der Waals surface area contributed by atoms with Gasteiger partial charge in [0, 0.05) is 0 Å². The maximum atomic E-state index is 13.2. The standard InChI is InChI=1S/C66H127NO10/c1-3-5-7-9-11-13-15-17-19-21-23-25-27-29-30-32-34-36-38-40-42-44-46-48-50-52-54-59(70)65(75)67-57(56-76-66-64(74)63(73)62(72)60(55-68)77-66)61(71)58(69)53-51-49-47-45-43-41-39-37-35-33-31-28-26-24-22-20-18-16-14-12-10-8-6-4-2/h23,25,29-30,57-64,66,68-74H,3-22,24,26-28,31-56H2,1-2H3,(H,67,75)/b25-23-,30-29-. The molecule has 0 aliphatic carbocycles. The summed E-state index contributed by atoms with van der Waals surface area (Å²) >= 11 is 0. The van der Waals surface area contributed by atoms with Gasteiger partial charge in [0.2, 0.25) is 5.91 Å². The highest BCUT2D eigenvalue weighted by Crippen LogP contribution is 2.24. The van der Waals surface area contributed by atoms with Gasteiger partial charge >= 0.3 is 0 Å². The van der Waals surface area contributed by atoms with Crippen LogP contribution in [0.2, 0.25) is 0 Å². The van der Waals surface area contributed by atoms with Crippen LogP contribution in [0.4, 0.5) is 0 Å². The fourth-order valence-electron chi connectivity index (χ4n) is 10.9. The monoisotopic (exact) mass is 1090 g/mol. The fourth-order valence-corrected chi connectivity index (χ4v) is 10.9. The van der Waals surface area contributed by atoms with Crippen LogP contribution >= 0.6 is 0 Å². The van der Waals surface area contributed by atoms with Crippen molar-refractivity contribution in [3.05, 3.63) is 24.3 Å². The van der Waals surface area contributed by atoms with Crippen LogP contribution in [0.25, 0.3) is 0 Å². The largest absolute Gasteiger partial charge is 0.394 e. The van der Waals surface area contributed by atoms with Crippen molar-refractivity contribution in [3.8, 4) is 0 Å². The minimum absolute atomic E-state index is 0.258. The number of hydrogen-bond donors (Lipinski definition) is 8. The zero-order valence-corrected chi connectivity index (χ0v) is 50.2. The van der Waals surface area contributed by atoms with Crippen molar-refractivity contribution in [1.29, 1.82) is 0 Å². The number of rotatable bonds is 58. The molecular weight excluding hydrogens is 967 g/mol. The lowest BCUT2D eigenvalue weighted by atomic mass is 9.98. The summed E-state index contributed by atoms with van der Waals surface area (Å²) in [6, 6.07) is -1.17. The van der Waals surface area contributed by atoms with Gasteiger partial charge in [0.1, 0.15) is 36.6 Å². The number of carbonyl (C=O) groups is 1. The molecule has 0 aromatic rings. The average molecular weight is 1090 g/mol. The molecule has 9 atom stereocenters. The molecule has 1 saturated heterocycles. The van der Waals surface area contributed by atoms with E-state index in [4.69, 9.17) is 9.47 Å². The Bertz CT molecular complexity index is 1300. The Hall–Kier alpha value is -1.41. The summed E-state index contributed by atoms with van der Waals surface area (Å²) in [5.74, 6) is -0.694. The summed E-state index contributed by atoms with van der Waals surface area (Å²) in [7, 11) is 0. The number of nitrogens with one attached hydrogen (secondary N) is 1. The minimum Gasteiger partial charge on any atom is -0.394 e. The summed E-state index contributed by atoms with van der Waals surface area (Å²) in [5, 5.41) is 76.4. The van der Waals surface area contributed by atoms with Crippen molar-refractivity contribution in [1.82, 2.24) is 5.32 Å². The zero-order chi connectivity index (χ0) is 56.1. The Labute approximate surface area is 474 Å². The number of ether oxygens (including phenoxy) is 2. The van der Waals surface area contributed by atoms with E-state index in [-0.39, 0.29) is 6.42 Å². The third-order valence-corrected chi connectivity index (χ3v) is 16.3. The van der Waals surface area contributed by atoms with E-state index in [0.29, 0.717) is 19.3 Å². The normalized spacial score (nSPS) is 19.6. The van der Waals surface area contributed by atoms with Gasteiger partial charge < -0.3 is 50.5 Å². The number of unbranched alkanes of at least 4 members (excludes halogenated alkanes) is 42. The van der Waals surface area contributed by atoms with Crippen molar-refractivity contribution < 1.29 is 50.0 Å². The van der Waals surface area contributed by atoms with Crippen molar-refractivity contribution >= 4 is 5.91 Å². The second-order valence-electron chi connectivity index (χ2n) is 23.5. The Morgan fingerprint density at radius 1 is 0.455 bits per heavy atom. The number of allylic oxidation sites excluding steroid dienone is 4. The van der Waals surface area contributed by atoms with Crippen LogP contribution in [0.15, 0.2) is 24.3 Å². The molecule has 9 unspecified atom stereocenters. The molecule has 1 heterocycles. The molecule has 0 aromatic carbocycles. The van der Waals surface area contributed by atoms with Crippen LogP contribution in [0.5, 0.6) is 0 Å². The molecule has 0 saturated carbocycles. The topological polar surface area (TPSA) is 189 Å². The Morgan fingerprint density at radius 3 is 1.16 bits per heavy atom. The van der Waals surface area contributed by atoms with Crippen LogP contribution in [0, 0.1) is 0 Å². The lowest BCUT2D eigenvalue weighted by Crippen LogP contribution is -2.60. The fraction of sp³-hybridized carbons (Fsp3) is 0.924. The molecule has 11 nitrogen and oxygen atoms in total. The number of amides is 1. The van der Waals surface area contributed by atoms with Crippen molar-refractivity contribution in [2.75, 3.05) is 13.2 Å². The van der Waals surface area contributed by atoms with Crippen molar-refractivity contribution in [3.63, 3.8) is 0 Å². The van der Waals surface area contributed by atoms with Gasteiger partial charge in [-0.1, -0.05) is 301 Å². The zero-order valence-electron chi connectivity index (χ0n) is 50.2. The van der Waals surface area contributed by atoms with E-state index in [2.05, 4.69) is 43.5 Å². The lowest BCUT2D eigenvalue weighted by Gasteiger charge is -2.40. The second kappa shape index (κ2) is 55.1. The first-order chi connectivity index (χ1) is 37.7. The first kappa shape index (κ1) is 73.6. The van der Waals surface area contributed by atoms with Crippen LogP contribution in [0.3, 0.4) is 0 Å². The molecule has 0 aromatic heterocycles. The summed E-state index contributed by atoms with van der Waals surface area (Å²) in [6.45, 7) is 3.50. The van der Waals surface area contributed by atoms with E-state index in [1.54, 1.807) is 0 Å². The van der Waals surface area contributed by atoms with Crippen LogP contribution in [-0.4, -0.2) is 110 Å². The highest BCUT2D eigenvalue weighted by molar-refractivity contribution is 5.80. The van der Waals surface area contributed by atoms with Gasteiger partial charge in [-0.2, -0.15) is 0 Å². The minimum atomic E-state index is -1.66. The van der Waals surface area contributed by atoms with E-state index < -0.39 is 74.2 Å². The SMILES string of the molecule is CCCCCCCCCCC/C=C\C/C=C\CCCCCCCCCCCCC(O)C(=O)NC(COC1OC(CO)C(O)C(O)C1O)C(O)C(O)CCCCCCCCCCCCCCCCCCCCCCCCCC. The first-order valence-electron chi connectivity index (χ1n) is 33.2. The molecule has 11 heteroatoms. The van der Waals surface area contributed by atoms with Gasteiger partial charge in [-0.3, -0.25) is 4.79 Å². The maximum absolute atomic E-state index is 13.2. The number of aliphatic hydroxyl groups excluding tert-OH is 7. The van der Waals surface area contributed by atoms with E-state index in [9.17, 15) is 40.5 Å². The number of hydrogen-bond acceptors (Lipinski definition) is 10. The number of carbonyl (C=O) groups excluding carboxylic acids is 1. The second-order valence-corrected chi connectivity index (χ2v) is 23.5. The summed E-state index contributed by atoms with van der Waals surface area (Å²) in [4.78, 5) is 13.2. The molecule has 1 fully saturated rings. The first-order valence-corrected chi connectivity index (χ1v) is 33.2. The van der Waals surface area contributed by atoms with Crippen molar-refractivity contribution in [2.24, 2.45) is 0 Å². The van der Waals surface area contributed by atoms with E-state index in [1.165, 1.54) is 231 Å². The highest BCUT2D eigenvalue weighted by atomic mass is 16.7. The van der Waals surface area contributed by atoms with E-state index >= 15 is 0 Å².